The minimum absolute atomic E-state index is 0. The second-order valence-electron chi connectivity index (χ2n) is 5.43. The topological polar surface area (TPSA) is 80.9 Å². The highest BCUT2D eigenvalue weighted by atomic mass is 35.5. The Kier molecular flexibility index (Phi) is 6.94. The van der Waals surface area contributed by atoms with Crippen molar-refractivity contribution < 1.29 is 4.79 Å². The molecule has 1 unspecified atom stereocenters. The first kappa shape index (κ1) is 17.8. The Morgan fingerprint density at radius 2 is 1.89 bits per heavy atom. The van der Waals surface area contributed by atoms with Crippen molar-refractivity contribution in [1.29, 1.82) is 0 Å². The zero-order chi connectivity index (χ0) is 13.8. The van der Waals surface area contributed by atoms with Crippen molar-refractivity contribution in [1.82, 2.24) is 9.97 Å². The SMILES string of the molecule is CCCC(N)C(=O)Nc1cnc(C(C)(C)C)nc1.Cl. The van der Waals surface area contributed by atoms with E-state index in [4.69, 9.17) is 5.73 Å². The zero-order valence-corrected chi connectivity index (χ0v) is 12.8. The van der Waals surface area contributed by atoms with E-state index < -0.39 is 6.04 Å². The van der Waals surface area contributed by atoms with Crippen LogP contribution in [0.15, 0.2) is 12.4 Å². The van der Waals surface area contributed by atoms with E-state index >= 15 is 0 Å². The summed E-state index contributed by atoms with van der Waals surface area (Å²) in [5, 5.41) is 2.72. The Morgan fingerprint density at radius 3 is 2.32 bits per heavy atom. The molecule has 0 spiro atoms. The predicted molar refractivity (Wildman–Crippen MR) is 79.5 cm³/mol. The van der Waals surface area contributed by atoms with Gasteiger partial charge >= 0.3 is 0 Å². The average molecular weight is 287 g/mol. The van der Waals surface area contributed by atoms with Crippen LogP contribution >= 0.6 is 12.4 Å². The van der Waals surface area contributed by atoms with Crippen LogP contribution in [0.2, 0.25) is 0 Å². The zero-order valence-electron chi connectivity index (χ0n) is 11.9. The molecule has 1 amide bonds. The first-order chi connectivity index (χ1) is 8.34. The largest absolute Gasteiger partial charge is 0.322 e. The lowest BCUT2D eigenvalue weighted by Gasteiger charge is -2.16. The number of hydrogen-bond acceptors (Lipinski definition) is 4. The smallest absolute Gasteiger partial charge is 0.241 e. The van der Waals surface area contributed by atoms with Gasteiger partial charge in [0.1, 0.15) is 5.82 Å². The summed E-state index contributed by atoms with van der Waals surface area (Å²) in [6.07, 6.45) is 4.79. The molecule has 1 atom stereocenters. The van der Waals surface area contributed by atoms with Gasteiger partial charge in [-0.2, -0.15) is 0 Å². The minimum atomic E-state index is -0.475. The molecule has 19 heavy (non-hydrogen) atoms. The second kappa shape index (κ2) is 7.40. The molecule has 108 valence electrons. The van der Waals surface area contributed by atoms with E-state index in [-0.39, 0.29) is 23.7 Å². The molecule has 0 saturated heterocycles. The summed E-state index contributed by atoms with van der Waals surface area (Å²) in [7, 11) is 0. The van der Waals surface area contributed by atoms with Crippen molar-refractivity contribution in [3.63, 3.8) is 0 Å². The summed E-state index contributed by atoms with van der Waals surface area (Å²) in [4.78, 5) is 20.2. The number of nitrogens with one attached hydrogen (secondary N) is 1. The number of aromatic nitrogens is 2. The van der Waals surface area contributed by atoms with Crippen molar-refractivity contribution in [3.8, 4) is 0 Å². The van der Waals surface area contributed by atoms with Gasteiger partial charge in [-0.25, -0.2) is 9.97 Å². The summed E-state index contributed by atoms with van der Waals surface area (Å²) in [5.41, 5.74) is 6.21. The van der Waals surface area contributed by atoms with E-state index in [1.165, 1.54) is 0 Å². The molecule has 1 aromatic rings. The van der Waals surface area contributed by atoms with E-state index in [0.29, 0.717) is 12.1 Å². The third kappa shape index (κ3) is 5.53. The molecule has 6 heteroatoms. The predicted octanol–water partition coefficient (Wildman–Crippen LogP) is 2.26. The Bertz CT molecular complexity index is 400. The Hall–Kier alpha value is -1.20. The number of halogens is 1. The van der Waals surface area contributed by atoms with Gasteiger partial charge in [0.2, 0.25) is 5.91 Å². The van der Waals surface area contributed by atoms with E-state index in [2.05, 4.69) is 15.3 Å². The highest BCUT2D eigenvalue weighted by Crippen LogP contribution is 2.18. The van der Waals surface area contributed by atoms with Gasteiger partial charge in [0.25, 0.3) is 0 Å². The van der Waals surface area contributed by atoms with Gasteiger partial charge in [0.05, 0.1) is 24.1 Å². The van der Waals surface area contributed by atoms with E-state index in [1.807, 2.05) is 27.7 Å². The van der Waals surface area contributed by atoms with Gasteiger partial charge in [0, 0.05) is 5.41 Å². The molecule has 1 heterocycles. The van der Waals surface area contributed by atoms with Crippen LogP contribution in [0.5, 0.6) is 0 Å². The van der Waals surface area contributed by atoms with Gasteiger partial charge in [-0.3, -0.25) is 4.79 Å². The van der Waals surface area contributed by atoms with Crippen LogP contribution in [0, 0.1) is 0 Å². The van der Waals surface area contributed by atoms with Gasteiger partial charge in [-0.05, 0) is 6.42 Å². The number of nitrogens with zero attached hydrogens (tertiary/aromatic N) is 2. The fourth-order valence-corrected chi connectivity index (χ4v) is 1.46. The standard InChI is InChI=1S/C13H22N4O.ClH/c1-5-6-10(14)11(18)17-9-7-15-12(16-8-9)13(2,3)4;/h7-8,10H,5-6,14H2,1-4H3,(H,17,18);1H. The Balaban J connectivity index is 0.00000324. The summed E-state index contributed by atoms with van der Waals surface area (Å²) in [6.45, 7) is 8.11. The first-order valence-corrected chi connectivity index (χ1v) is 6.23. The van der Waals surface area contributed by atoms with Crippen LogP contribution in [0.25, 0.3) is 0 Å². The molecule has 0 aliphatic heterocycles. The van der Waals surface area contributed by atoms with Gasteiger partial charge in [0.15, 0.2) is 0 Å². The van der Waals surface area contributed by atoms with Crippen LogP contribution in [0.3, 0.4) is 0 Å². The molecule has 1 rings (SSSR count). The number of rotatable bonds is 4. The van der Waals surface area contributed by atoms with Crippen LogP contribution in [0.4, 0.5) is 5.69 Å². The third-order valence-electron chi connectivity index (χ3n) is 2.53. The van der Waals surface area contributed by atoms with E-state index in [0.717, 1.165) is 12.2 Å². The van der Waals surface area contributed by atoms with Crippen molar-refractivity contribution in [2.75, 3.05) is 5.32 Å². The van der Waals surface area contributed by atoms with Crippen LogP contribution in [-0.2, 0) is 10.2 Å². The molecule has 0 radical (unpaired) electrons. The molecule has 5 nitrogen and oxygen atoms in total. The molecule has 0 aliphatic carbocycles. The highest BCUT2D eigenvalue weighted by Gasteiger charge is 2.17. The lowest BCUT2D eigenvalue weighted by atomic mass is 9.96. The molecule has 3 N–H and O–H groups in total. The molecule has 0 saturated carbocycles. The Morgan fingerprint density at radius 1 is 1.37 bits per heavy atom. The molecule has 0 aromatic carbocycles. The molecule has 1 aromatic heterocycles. The lowest BCUT2D eigenvalue weighted by Crippen LogP contribution is -2.35. The first-order valence-electron chi connectivity index (χ1n) is 6.23. The second-order valence-corrected chi connectivity index (χ2v) is 5.43. The van der Waals surface area contributed by atoms with Crippen LogP contribution in [-0.4, -0.2) is 21.9 Å². The minimum Gasteiger partial charge on any atom is -0.322 e. The van der Waals surface area contributed by atoms with Crippen molar-refractivity contribution in [2.24, 2.45) is 5.73 Å². The number of carbonyl (C=O) groups excluding carboxylic acids is 1. The maximum atomic E-state index is 11.7. The summed E-state index contributed by atoms with van der Waals surface area (Å²) < 4.78 is 0. The summed E-state index contributed by atoms with van der Waals surface area (Å²) >= 11 is 0. The van der Waals surface area contributed by atoms with E-state index in [9.17, 15) is 4.79 Å². The monoisotopic (exact) mass is 286 g/mol. The summed E-state index contributed by atoms with van der Waals surface area (Å²) in [5.74, 6) is 0.558. The van der Waals surface area contributed by atoms with Crippen molar-refractivity contribution >= 4 is 24.0 Å². The number of amides is 1. The highest BCUT2D eigenvalue weighted by molar-refractivity contribution is 5.94. The maximum Gasteiger partial charge on any atom is 0.241 e. The van der Waals surface area contributed by atoms with Crippen molar-refractivity contribution in [2.45, 2.75) is 52.0 Å². The lowest BCUT2D eigenvalue weighted by molar-refractivity contribution is -0.117. The van der Waals surface area contributed by atoms with Gasteiger partial charge in [-0.15, -0.1) is 12.4 Å². The third-order valence-corrected chi connectivity index (χ3v) is 2.53. The fourth-order valence-electron chi connectivity index (χ4n) is 1.46. The van der Waals surface area contributed by atoms with Crippen LogP contribution < -0.4 is 11.1 Å². The number of carbonyl (C=O) groups is 1. The normalized spacial score (nSPS) is 12.5. The Labute approximate surface area is 120 Å². The molecule has 0 fully saturated rings. The fraction of sp³-hybridized carbons (Fsp3) is 0.615. The van der Waals surface area contributed by atoms with Gasteiger partial charge in [-0.1, -0.05) is 34.1 Å². The number of anilines is 1. The molecule has 0 bridgehead atoms. The van der Waals surface area contributed by atoms with Crippen LogP contribution in [0.1, 0.15) is 46.4 Å². The average Bonchev–Trinajstić information content (AvgIpc) is 2.28. The van der Waals surface area contributed by atoms with E-state index in [1.54, 1.807) is 12.4 Å². The number of nitrogens with two attached hydrogens (primary N) is 1. The van der Waals surface area contributed by atoms with Gasteiger partial charge < -0.3 is 11.1 Å². The molecule has 0 aliphatic rings. The quantitative estimate of drug-likeness (QED) is 0.889. The molecular weight excluding hydrogens is 264 g/mol. The number of hydrogen-bond donors (Lipinski definition) is 2. The van der Waals surface area contributed by atoms with Crippen molar-refractivity contribution in [3.05, 3.63) is 18.2 Å². The molecular formula is C13H23ClN4O. The maximum absolute atomic E-state index is 11.7. The summed E-state index contributed by atoms with van der Waals surface area (Å²) in [6, 6.07) is -0.475.